The highest BCUT2D eigenvalue weighted by molar-refractivity contribution is 9.10. The summed E-state index contributed by atoms with van der Waals surface area (Å²) in [6, 6.07) is 3.34. The number of hydrazone groups is 1. The van der Waals surface area contributed by atoms with E-state index in [0.29, 0.717) is 22.2 Å². The molecule has 0 saturated carbocycles. The summed E-state index contributed by atoms with van der Waals surface area (Å²) in [6.45, 7) is 2.21. The number of phenolic OH excluding ortho intramolecular Hbond substituents is 1. The Balaban J connectivity index is 2.29. The summed E-state index contributed by atoms with van der Waals surface area (Å²) in [7, 11) is 1.48. The van der Waals surface area contributed by atoms with Gasteiger partial charge in [-0.2, -0.15) is 5.10 Å². The summed E-state index contributed by atoms with van der Waals surface area (Å²) in [5.74, 6) is 0.308. The fraction of sp³-hybridized carbons (Fsp3) is 0.556. The number of methoxy groups -OCH3 is 1. The van der Waals surface area contributed by atoms with Crippen LogP contribution in [0.5, 0.6) is 11.5 Å². The van der Waals surface area contributed by atoms with Gasteiger partial charge in [-0.3, -0.25) is 4.79 Å². The number of aromatic hydroxyl groups is 1. The number of phenols is 1. The quantitative estimate of drug-likeness (QED) is 0.320. The minimum atomic E-state index is -0.0791. The van der Waals surface area contributed by atoms with Crippen molar-refractivity contribution < 1.29 is 14.6 Å². The molecule has 0 aliphatic carbocycles. The first kappa shape index (κ1) is 20.5. The Morgan fingerprint density at radius 1 is 1.25 bits per heavy atom. The SMILES string of the molecule is CCCCCCCCCC(=O)NN=Cc1cc(Br)c(O)c(OC)c1. The topological polar surface area (TPSA) is 70.9 Å². The average Bonchev–Trinajstić information content (AvgIpc) is 2.57. The average molecular weight is 399 g/mol. The van der Waals surface area contributed by atoms with E-state index in [1.54, 1.807) is 12.1 Å². The molecule has 0 atom stereocenters. The van der Waals surface area contributed by atoms with Crippen molar-refractivity contribution in [2.75, 3.05) is 7.11 Å². The second kappa shape index (κ2) is 11.9. The van der Waals surface area contributed by atoms with Gasteiger partial charge in [0.05, 0.1) is 17.8 Å². The largest absolute Gasteiger partial charge is 0.503 e. The second-order valence-corrected chi connectivity index (χ2v) is 6.57. The van der Waals surface area contributed by atoms with E-state index in [9.17, 15) is 9.90 Å². The summed E-state index contributed by atoms with van der Waals surface area (Å²) in [5, 5.41) is 13.7. The lowest BCUT2D eigenvalue weighted by Gasteiger charge is -2.06. The molecule has 0 fully saturated rings. The van der Waals surface area contributed by atoms with Crippen LogP contribution < -0.4 is 10.2 Å². The summed E-state index contributed by atoms with van der Waals surface area (Å²) in [6.07, 6.45) is 10.3. The van der Waals surface area contributed by atoms with Gasteiger partial charge in [-0.25, -0.2) is 5.43 Å². The van der Waals surface area contributed by atoms with Gasteiger partial charge in [-0.05, 0) is 40.0 Å². The molecule has 6 heteroatoms. The number of amides is 1. The first-order valence-electron chi connectivity index (χ1n) is 8.46. The summed E-state index contributed by atoms with van der Waals surface area (Å²) in [4.78, 5) is 11.7. The third kappa shape index (κ3) is 7.81. The lowest BCUT2D eigenvalue weighted by atomic mass is 10.1. The first-order chi connectivity index (χ1) is 11.6. The third-order valence-electron chi connectivity index (χ3n) is 3.68. The van der Waals surface area contributed by atoms with E-state index in [1.807, 2.05) is 0 Å². The molecular weight excluding hydrogens is 372 g/mol. The molecule has 0 heterocycles. The van der Waals surface area contributed by atoms with Crippen molar-refractivity contribution in [1.29, 1.82) is 0 Å². The molecule has 2 N–H and O–H groups in total. The lowest BCUT2D eigenvalue weighted by Crippen LogP contribution is -2.16. The fourth-order valence-corrected chi connectivity index (χ4v) is 2.76. The van der Waals surface area contributed by atoms with E-state index < -0.39 is 0 Å². The number of carbonyl (C=O) groups is 1. The van der Waals surface area contributed by atoms with E-state index in [2.05, 4.69) is 33.4 Å². The highest BCUT2D eigenvalue weighted by Crippen LogP contribution is 2.34. The lowest BCUT2D eigenvalue weighted by molar-refractivity contribution is -0.121. The number of nitrogens with one attached hydrogen (secondary N) is 1. The van der Waals surface area contributed by atoms with Crippen LogP contribution in [-0.4, -0.2) is 24.3 Å². The Morgan fingerprint density at radius 2 is 1.92 bits per heavy atom. The Labute approximate surface area is 152 Å². The molecule has 0 aliphatic rings. The minimum Gasteiger partial charge on any atom is -0.503 e. The molecule has 0 radical (unpaired) electrons. The van der Waals surface area contributed by atoms with Gasteiger partial charge in [0.15, 0.2) is 11.5 Å². The molecular formula is C18H27BrN2O3. The minimum absolute atomic E-state index is 0.0395. The zero-order chi connectivity index (χ0) is 17.8. The van der Waals surface area contributed by atoms with Crippen LogP contribution in [-0.2, 0) is 4.79 Å². The van der Waals surface area contributed by atoms with E-state index >= 15 is 0 Å². The summed E-state index contributed by atoms with van der Waals surface area (Å²) >= 11 is 3.24. The van der Waals surface area contributed by atoms with Crippen LogP contribution in [0.1, 0.15) is 63.9 Å². The molecule has 1 aromatic carbocycles. The van der Waals surface area contributed by atoms with Crippen molar-refractivity contribution in [3.8, 4) is 11.5 Å². The van der Waals surface area contributed by atoms with E-state index in [0.717, 1.165) is 12.8 Å². The van der Waals surface area contributed by atoms with E-state index in [4.69, 9.17) is 4.74 Å². The van der Waals surface area contributed by atoms with Gasteiger partial charge < -0.3 is 9.84 Å². The van der Waals surface area contributed by atoms with Crippen molar-refractivity contribution in [1.82, 2.24) is 5.43 Å². The van der Waals surface area contributed by atoms with Crippen molar-refractivity contribution in [2.24, 2.45) is 5.10 Å². The van der Waals surface area contributed by atoms with Crippen LogP contribution in [0, 0.1) is 0 Å². The summed E-state index contributed by atoms with van der Waals surface area (Å²) in [5.41, 5.74) is 3.24. The maximum atomic E-state index is 11.7. The van der Waals surface area contributed by atoms with Crippen LogP contribution in [0.3, 0.4) is 0 Å². The Morgan fingerprint density at radius 3 is 2.58 bits per heavy atom. The van der Waals surface area contributed by atoms with Crippen LogP contribution in [0.2, 0.25) is 0 Å². The molecule has 0 saturated heterocycles. The van der Waals surface area contributed by atoms with Crippen LogP contribution in [0.15, 0.2) is 21.7 Å². The van der Waals surface area contributed by atoms with E-state index in [1.165, 1.54) is 45.4 Å². The van der Waals surface area contributed by atoms with Crippen LogP contribution >= 0.6 is 15.9 Å². The number of nitrogens with zero attached hydrogens (tertiary/aromatic N) is 1. The number of rotatable bonds is 11. The number of benzene rings is 1. The number of hydrogen-bond acceptors (Lipinski definition) is 4. The predicted octanol–water partition coefficient (Wildman–Crippen LogP) is 4.75. The molecule has 24 heavy (non-hydrogen) atoms. The molecule has 5 nitrogen and oxygen atoms in total. The van der Waals surface area contributed by atoms with Gasteiger partial charge in [0.1, 0.15) is 0 Å². The molecule has 1 amide bonds. The normalized spacial score (nSPS) is 11.0. The monoisotopic (exact) mass is 398 g/mol. The Kier molecular flexibility index (Phi) is 10.2. The molecule has 0 spiro atoms. The van der Waals surface area contributed by atoms with Gasteiger partial charge >= 0.3 is 0 Å². The smallest absolute Gasteiger partial charge is 0.240 e. The van der Waals surface area contributed by atoms with Crippen molar-refractivity contribution in [3.05, 3.63) is 22.2 Å². The zero-order valence-corrected chi connectivity index (χ0v) is 16.1. The van der Waals surface area contributed by atoms with Crippen LogP contribution in [0.4, 0.5) is 0 Å². The molecule has 0 aliphatic heterocycles. The predicted molar refractivity (Wildman–Crippen MR) is 101 cm³/mol. The number of hydrogen-bond donors (Lipinski definition) is 2. The number of unbranched alkanes of at least 4 members (excludes halogenated alkanes) is 6. The van der Waals surface area contributed by atoms with E-state index in [-0.39, 0.29) is 11.7 Å². The van der Waals surface area contributed by atoms with Gasteiger partial charge in [0.25, 0.3) is 0 Å². The Bertz CT molecular complexity index is 547. The fourth-order valence-electron chi connectivity index (χ4n) is 2.30. The molecule has 1 aromatic rings. The molecule has 0 aromatic heterocycles. The second-order valence-electron chi connectivity index (χ2n) is 5.72. The number of halogens is 1. The maximum Gasteiger partial charge on any atom is 0.240 e. The van der Waals surface area contributed by atoms with Gasteiger partial charge in [-0.1, -0.05) is 45.4 Å². The van der Waals surface area contributed by atoms with Crippen molar-refractivity contribution in [3.63, 3.8) is 0 Å². The summed E-state index contributed by atoms with van der Waals surface area (Å²) < 4.78 is 5.58. The molecule has 134 valence electrons. The molecule has 0 unspecified atom stereocenters. The van der Waals surface area contributed by atoms with Gasteiger partial charge in [0.2, 0.25) is 5.91 Å². The highest BCUT2D eigenvalue weighted by Gasteiger charge is 2.07. The van der Waals surface area contributed by atoms with Gasteiger partial charge in [-0.15, -0.1) is 0 Å². The van der Waals surface area contributed by atoms with Crippen molar-refractivity contribution >= 4 is 28.1 Å². The molecule has 1 rings (SSSR count). The Hall–Kier alpha value is -1.56. The van der Waals surface area contributed by atoms with Crippen LogP contribution in [0.25, 0.3) is 0 Å². The third-order valence-corrected chi connectivity index (χ3v) is 4.29. The van der Waals surface area contributed by atoms with Crippen molar-refractivity contribution in [2.45, 2.75) is 58.3 Å². The zero-order valence-electron chi connectivity index (χ0n) is 14.5. The highest BCUT2D eigenvalue weighted by atomic mass is 79.9. The standard InChI is InChI=1S/C18H27BrN2O3/c1-3-4-5-6-7-8-9-10-17(22)21-20-13-14-11-15(19)18(23)16(12-14)24-2/h11-13,23H,3-10H2,1-2H3,(H,21,22). The number of ether oxygens (including phenoxy) is 1. The molecule has 0 bridgehead atoms. The van der Waals surface area contributed by atoms with Gasteiger partial charge in [0, 0.05) is 6.42 Å². The maximum absolute atomic E-state index is 11.7. The first-order valence-corrected chi connectivity index (χ1v) is 9.26. The number of carbonyl (C=O) groups excluding carboxylic acids is 1.